The molecule has 1 aromatic carbocycles. The van der Waals surface area contributed by atoms with Crippen LogP contribution in [0.1, 0.15) is 73.1 Å². The van der Waals surface area contributed by atoms with Crippen molar-refractivity contribution in [3.05, 3.63) is 61.7 Å². The first kappa shape index (κ1) is 43.9. The Balaban J connectivity index is 0.000000224. The van der Waals surface area contributed by atoms with Gasteiger partial charge in [-0.1, -0.05) is 76.1 Å². The van der Waals surface area contributed by atoms with E-state index in [1.807, 2.05) is 12.4 Å². The van der Waals surface area contributed by atoms with E-state index >= 15 is 0 Å². The first-order chi connectivity index (χ1) is 26.6. The number of ether oxygens (including phenoxy) is 1. The standard InChI is InChI=1S/C17H12N6S.C8H14N2O3.C8H14N2O2.2C3H8/c1-3-12(4-2-11(1)13-5-18-9-20-13)16-8-23-7-15(22-17(23)24-16)14-6-19-10-21-14;1-13-8(12)9-6-7(11)10-4-2-3-5-10;1-7(11)9-6-8(12)10-4-2-3-5-10;2*1-3-2/h1-10H,(H,18,20)(H,19,21);2-6H2,1H3,(H,9,12);2-6H2,1H3,(H,9,11);2*3H2,1-2H3. The summed E-state index contributed by atoms with van der Waals surface area (Å²) in [6.45, 7) is 13.4. The minimum absolute atomic E-state index is 0.0303. The molecule has 4 aromatic heterocycles. The molecule has 0 unspecified atom stereocenters. The predicted molar refractivity (Wildman–Crippen MR) is 216 cm³/mol. The minimum atomic E-state index is -0.562. The van der Waals surface area contributed by atoms with Crippen LogP contribution in [0, 0.1) is 0 Å². The van der Waals surface area contributed by atoms with Gasteiger partial charge in [-0.3, -0.25) is 18.8 Å². The summed E-state index contributed by atoms with van der Waals surface area (Å²) in [6.07, 6.45) is 17.3. The van der Waals surface area contributed by atoms with Crippen LogP contribution in [-0.4, -0.2) is 109 Å². The molecule has 0 saturated carbocycles. The average Bonchev–Trinajstić information content (AvgIpc) is 4.04. The van der Waals surface area contributed by atoms with Gasteiger partial charge in [-0.15, -0.1) is 0 Å². The molecule has 7 rings (SSSR count). The zero-order valence-electron chi connectivity index (χ0n) is 32.9. The molecule has 4 amide bonds. The van der Waals surface area contributed by atoms with Crippen LogP contribution in [0.15, 0.2) is 61.7 Å². The number of nitrogens with one attached hydrogen (secondary N) is 4. The first-order valence-electron chi connectivity index (χ1n) is 18.8. The van der Waals surface area contributed by atoms with Crippen molar-refractivity contribution in [2.24, 2.45) is 0 Å². The molecule has 0 spiro atoms. The van der Waals surface area contributed by atoms with Gasteiger partial charge in [-0.2, -0.15) is 0 Å². The van der Waals surface area contributed by atoms with Crippen LogP contribution in [0.3, 0.4) is 0 Å². The summed E-state index contributed by atoms with van der Waals surface area (Å²) in [6, 6.07) is 8.44. The highest BCUT2D eigenvalue weighted by atomic mass is 32.1. The van der Waals surface area contributed by atoms with Gasteiger partial charge in [0.1, 0.15) is 12.2 Å². The van der Waals surface area contributed by atoms with Crippen molar-refractivity contribution >= 4 is 40.1 Å². The molecule has 16 heteroatoms. The number of benzene rings is 1. The fourth-order valence-electron chi connectivity index (χ4n) is 5.26. The number of amides is 4. The number of likely N-dealkylation sites (tertiary alicyclic amines) is 2. The zero-order valence-corrected chi connectivity index (χ0v) is 33.7. The molecular formula is C39H56N10O5S. The molecule has 6 heterocycles. The van der Waals surface area contributed by atoms with Gasteiger partial charge in [0.15, 0.2) is 4.96 Å². The number of nitrogens with zero attached hydrogens (tertiary/aromatic N) is 6. The highest BCUT2D eigenvalue weighted by Gasteiger charge is 2.18. The van der Waals surface area contributed by atoms with E-state index < -0.39 is 6.09 Å². The third kappa shape index (κ3) is 14.7. The van der Waals surface area contributed by atoms with Gasteiger partial charge in [0.25, 0.3) is 0 Å². The number of carbonyl (C=O) groups is 4. The number of methoxy groups -OCH3 is 1. The maximum Gasteiger partial charge on any atom is 0.407 e. The largest absolute Gasteiger partial charge is 0.453 e. The SMILES string of the molecule is CC(=O)NCC(=O)N1CCCC1.CCC.CCC.COC(=O)NCC(=O)N1CCCC1.c1ncc(-c2ccc(-c3cn4cc(-c5cnc[nH]5)nc4s3)cc2)[nH]1. The molecule has 2 aliphatic rings. The van der Waals surface area contributed by atoms with E-state index in [4.69, 9.17) is 0 Å². The van der Waals surface area contributed by atoms with Crippen molar-refractivity contribution in [2.45, 2.75) is 73.1 Å². The summed E-state index contributed by atoms with van der Waals surface area (Å²) in [7, 11) is 1.27. The Morgan fingerprint density at radius 1 is 0.745 bits per heavy atom. The lowest BCUT2D eigenvalue weighted by Gasteiger charge is -2.14. The van der Waals surface area contributed by atoms with E-state index in [1.165, 1.54) is 37.3 Å². The topological polar surface area (TPSA) is 183 Å². The maximum absolute atomic E-state index is 11.3. The molecule has 0 bridgehead atoms. The van der Waals surface area contributed by atoms with E-state index in [0.717, 1.165) is 79.5 Å². The molecule has 298 valence electrons. The number of imidazole rings is 3. The Morgan fingerprint density at radius 3 is 1.69 bits per heavy atom. The second kappa shape index (κ2) is 24.0. The van der Waals surface area contributed by atoms with E-state index in [0.29, 0.717) is 0 Å². The monoisotopic (exact) mass is 776 g/mol. The third-order valence-electron chi connectivity index (χ3n) is 7.88. The van der Waals surface area contributed by atoms with Crippen LogP contribution in [0.5, 0.6) is 0 Å². The molecule has 0 aliphatic carbocycles. The predicted octanol–water partition coefficient (Wildman–Crippen LogP) is 6.39. The lowest BCUT2D eigenvalue weighted by molar-refractivity contribution is -0.131. The van der Waals surface area contributed by atoms with Gasteiger partial charge in [0.05, 0.1) is 55.0 Å². The molecular weight excluding hydrogens is 721 g/mol. The Kier molecular flexibility index (Phi) is 19.2. The smallest absolute Gasteiger partial charge is 0.407 e. The van der Waals surface area contributed by atoms with Gasteiger partial charge >= 0.3 is 6.09 Å². The first-order valence-corrected chi connectivity index (χ1v) is 19.6. The van der Waals surface area contributed by atoms with Crippen molar-refractivity contribution in [1.82, 2.24) is 49.8 Å². The van der Waals surface area contributed by atoms with Crippen LogP contribution < -0.4 is 10.6 Å². The van der Waals surface area contributed by atoms with Crippen LogP contribution in [0.4, 0.5) is 4.79 Å². The molecule has 2 saturated heterocycles. The molecule has 4 N–H and O–H groups in total. The molecule has 2 aliphatic heterocycles. The Hall–Kier alpha value is -5.51. The Morgan fingerprint density at radius 2 is 1.24 bits per heavy atom. The van der Waals surface area contributed by atoms with Crippen molar-refractivity contribution < 1.29 is 23.9 Å². The van der Waals surface area contributed by atoms with Gasteiger partial charge in [-0.05, 0) is 36.8 Å². The summed E-state index contributed by atoms with van der Waals surface area (Å²) < 4.78 is 6.40. The maximum atomic E-state index is 11.3. The van der Waals surface area contributed by atoms with Crippen LogP contribution in [0.2, 0.25) is 0 Å². The molecule has 5 aromatic rings. The third-order valence-corrected chi connectivity index (χ3v) is 8.93. The van der Waals surface area contributed by atoms with Crippen molar-refractivity contribution in [1.29, 1.82) is 0 Å². The number of hydrogen-bond acceptors (Lipinski definition) is 9. The highest BCUT2D eigenvalue weighted by Crippen LogP contribution is 2.31. The summed E-state index contributed by atoms with van der Waals surface area (Å²) in [5.74, 6) is -0.159. The summed E-state index contributed by atoms with van der Waals surface area (Å²) >= 11 is 1.67. The zero-order chi connectivity index (χ0) is 40.0. The lowest BCUT2D eigenvalue weighted by Crippen LogP contribution is -2.38. The van der Waals surface area contributed by atoms with E-state index in [2.05, 4.69) is 103 Å². The number of H-pyrrole nitrogens is 2. The van der Waals surface area contributed by atoms with Gasteiger partial charge in [-0.25, -0.2) is 19.7 Å². The number of fused-ring (bicyclic) bond motifs is 1. The number of hydrogen-bond donors (Lipinski definition) is 4. The van der Waals surface area contributed by atoms with Gasteiger partial charge in [0.2, 0.25) is 17.7 Å². The number of carbonyl (C=O) groups excluding carboxylic acids is 4. The molecule has 0 radical (unpaired) electrons. The fraction of sp³-hybridized carbons (Fsp3) is 0.462. The number of alkyl carbamates (subject to hydrolysis) is 1. The summed E-state index contributed by atoms with van der Waals surface area (Å²) in [5, 5.41) is 4.85. The van der Waals surface area contributed by atoms with E-state index in [9.17, 15) is 19.2 Å². The lowest BCUT2D eigenvalue weighted by atomic mass is 10.1. The van der Waals surface area contributed by atoms with Crippen molar-refractivity contribution in [3.63, 3.8) is 0 Å². The highest BCUT2D eigenvalue weighted by molar-refractivity contribution is 7.20. The van der Waals surface area contributed by atoms with Gasteiger partial charge in [0, 0.05) is 45.5 Å². The molecule has 0 atom stereocenters. The summed E-state index contributed by atoms with van der Waals surface area (Å²) in [5.41, 5.74) is 5.15. The number of aromatic amines is 2. The Bertz CT molecular complexity index is 1810. The Labute approximate surface area is 327 Å². The number of thiazole rings is 1. The average molecular weight is 777 g/mol. The van der Waals surface area contributed by atoms with Crippen LogP contribution >= 0.6 is 11.3 Å². The van der Waals surface area contributed by atoms with E-state index in [-0.39, 0.29) is 30.8 Å². The van der Waals surface area contributed by atoms with Crippen molar-refractivity contribution in [2.75, 3.05) is 46.4 Å². The fourth-order valence-corrected chi connectivity index (χ4v) is 6.23. The number of rotatable bonds is 7. The van der Waals surface area contributed by atoms with E-state index in [1.54, 1.807) is 40.0 Å². The van der Waals surface area contributed by atoms with Gasteiger partial charge < -0.3 is 35.1 Å². The van der Waals surface area contributed by atoms with Crippen molar-refractivity contribution in [3.8, 4) is 33.1 Å². The van der Waals surface area contributed by atoms with Crippen LogP contribution in [0.25, 0.3) is 38.0 Å². The molecule has 15 nitrogen and oxygen atoms in total. The number of aromatic nitrogens is 6. The van der Waals surface area contributed by atoms with Crippen LogP contribution in [-0.2, 0) is 19.1 Å². The summed E-state index contributed by atoms with van der Waals surface area (Å²) in [4.78, 5) is 68.3. The second-order valence-corrected chi connectivity index (χ2v) is 13.8. The normalized spacial score (nSPS) is 12.8. The molecule has 55 heavy (non-hydrogen) atoms. The molecule has 2 fully saturated rings. The quantitative estimate of drug-likeness (QED) is 0.147. The second-order valence-electron chi connectivity index (χ2n) is 12.8. The minimum Gasteiger partial charge on any atom is -0.453 e.